The average molecular weight is 209 g/mol. The molecule has 2 N–H and O–H groups in total. The lowest BCUT2D eigenvalue weighted by molar-refractivity contribution is -0.0705. The summed E-state index contributed by atoms with van der Waals surface area (Å²) in [6, 6.07) is 0. The molecule has 4 rings (SSSR count). The largest absolute Gasteiger partial charge is 0.380 e. The van der Waals surface area contributed by atoms with Crippen LogP contribution in [0.3, 0.4) is 0 Å². The van der Waals surface area contributed by atoms with Crippen LogP contribution in [0, 0.1) is 29.6 Å². The molecule has 4 bridgehead atoms. The molecule has 4 aliphatic carbocycles. The highest BCUT2D eigenvalue weighted by molar-refractivity contribution is 4.97. The minimum absolute atomic E-state index is 0.674. The molecule has 0 atom stereocenters. The summed E-state index contributed by atoms with van der Waals surface area (Å²) in [5.41, 5.74) is 5.46. The third kappa shape index (κ3) is 1.83. The maximum atomic E-state index is 5.68. The molecule has 0 spiro atoms. The summed E-state index contributed by atoms with van der Waals surface area (Å²) in [4.78, 5) is 0. The smallest absolute Gasteiger partial charge is 0.0588 e. The van der Waals surface area contributed by atoms with Crippen LogP contribution >= 0.6 is 0 Å². The molecule has 4 fully saturated rings. The van der Waals surface area contributed by atoms with Crippen molar-refractivity contribution >= 4 is 0 Å². The monoisotopic (exact) mass is 209 g/mol. The molecule has 0 radical (unpaired) electrons. The zero-order valence-corrected chi connectivity index (χ0v) is 9.53. The molecule has 0 aromatic rings. The zero-order valence-electron chi connectivity index (χ0n) is 9.53. The minimum Gasteiger partial charge on any atom is -0.380 e. The summed E-state index contributed by atoms with van der Waals surface area (Å²) in [5.74, 6) is 5.04. The Bertz CT molecular complexity index is 201. The Hall–Kier alpha value is -0.0800. The van der Waals surface area contributed by atoms with Gasteiger partial charge in [-0.15, -0.1) is 0 Å². The second-order valence-electron chi connectivity index (χ2n) is 5.96. The van der Waals surface area contributed by atoms with E-state index in [0.29, 0.717) is 6.54 Å². The fourth-order valence-electron chi connectivity index (χ4n) is 4.61. The summed E-state index contributed by atoms with van der Waals surface area (Å²) < 4.78 is 5.68. The third-order valence-electron chi connectivity index (χ3n) is 4.99. The highest BCUT2D eigenvalue weighted by Crippen LogP contribution is 2.56. The van der Waals surface area contributed by atoms with Gasteiger partial charge in [0, 0.05) is 13.2 Å². The Morgan fingerprint density at radius 1 is 0.933 bits per heavy atom. The highest BCUT2D eigenvalue weighted by Gasteiger charge is 2.47. The van der Waals surface area contributed by atoms with E-state index in [2.05, 4.69) is 0 Å². The van der Waals surface area contributed by atoms with E-state index in [0.717, 1.165) is 42.8 Å². The lowest BCUT2D eigenvalue weighted by Gasteiger charge is -2.54. The van der Waals surface area contributed by atoms with E-state index < -0.39 is 0 Å². The fraction of sp³-hybridized carbons (Fsp3) is 1.00. The molecule has 0 unspecified atom stereocenters. The van der Waals surface area contributed by atoms with Crippen LogP contribution in [-0.4, -0.2) is 19.8 Å². The summed E-state index contributed by atoms with van der Waals surface area (Å²) in [6.45, 7) is 2.42. The van der Waals surface area contributed by atoms with E-state index in [4.69, 9.17) is 10.5 Å². The molecule has 2 nitrogen and oxygen atoms in total. The predicted molar refractivity (Wildman–Crippen MR) is 60.4 cm³/mol. The SMILES string of the molecule is NCCOCC1C2CC3CC(C2)CC1C3. The van der Waals surface area contributed by atoms with Crippen LogP contribution in [-0.2, 0) is 4.74 Å². The zero-order chi connectivity index (χ0) is 10.3. The van der Waals surface area contributed by atoms with Crippen molar-refractivity contribution in [2.24, 2.45) is 35.3 Å². The van der Waals surface area contributed by atoms with E-state index in [9.17, 15) is 0 Å². The second-order valence-corrected chi connectivity index (χ2v) is 5.96. The van der Waals surface area contributed by atoms with Gasteiger partial charge in [-0.3, -0.25) is 0 Å². The Labute approximate surface area is 92.6 Å². The standard InChI is InChI=1S/C13H23NO/c14-1-2-15-8-13-11-4-9-3-10(6-11)7-12(13)5-9/h9-13H,1-8,14H2. The van der Waals surface area contributed by atoms with Crippen molar-refractivity contribution in [2.45, 2.75) is 32.1 Å². The number of nitrogens with two attached hydrogens (primary N) is 1. The highest BCUT2D eigenvalue weighted by atomic mass is 16.5. The topological polar surface area (TPSA) is 35.2 Å². The maximum Gasteiger partial charge on any atom is 0.0588 e. The van der Waals surface area contributed by atoms with Crippen molar-refractivity contribution in [3.63, 3.8) is 0 Å². The molecule has 0 aromatic heterocycles. The summed E-state index contributed by atoms with van der Waals surface area (Å²) in [5, 5.41) is 0. The molecule has 0 aliphatic heterocycles. The van der Waals surface area contributed by atoms with Crippen LogP contribution in [0.4, 0.5) is 0 Å². The molecule has 0 amide bonds. The minimum atomic E-state index is 0.674. The molecule has 86 valence electrons. The van der Waals surface area contributed by atoms with Crippen LogP contribution in [0.25, 0.3) is 0 Å². The number of hydrogen-bond donors (Lipinski definition) is 1. The lowest BCUT2D eigenvalue weighted by atomic mass is 9.52. The van der Waals surface area contributed by atoms with Gasteiger partial charge < -0.3 is 10.5 Å². The molecule has 0 aromatic carbocycles. The average Bonchev–Trinajstić information content (AvgIpc) is 2.21. The first-order valence-corrected chi connectivity index (χ1v) is 6.64. The molecule has 4 aliphatic rings. The number of rotatable bonds is 4. The molecule has 4 saturated carbocycles. The van der Waals surface area contributed by atoms with Gasteiger partial charge >= 0.3 is 0 Å². The van der Waals surface area contributed by atoms with Crippen molar-refractivity contribution in [1.29, 1.82) is 0 Å². The Kier molecular flexibility index (Phi) is 2.73. The summed E-state index contributed by atoms with van der Waals surface area (Å²) >= 11 is 0. The van der Waals surface area contributed by atoms with Gasteiger partial charge in [0.05, 0.1) is 6.61 Å². The summed E-state index contributed by atoms with van der Waals surface area (Å²) in [6.07, 6.45) is 7.56. The van der Waals surface area contributed by atoms with Gasteiger partial charge in [-0.05, 0) is 61.7 Å². The van der Waals surface area contributed by atoms with Crippen LogP contribution < -0.4 is 5.73 Å². The Morgan fingerprint density at radius 3 is 2.07 bits per heavy atom. The van der Waals surface area contributed by atoms with Crippen molar-refractivity contribution in [2.75, 3.05) is 19.8 Å². The van der Waals surface area contributed by atoms with Crippen molar-refractivity contribution in [1.82, 2.24) is 0 Å². The van der Waals surface area contributed by atoms with E-state index in [1.165, 1.54) is 25.7 Å². The van der Waals surface area contributed by atoms with Crippen molar-refractivity contribution < 1.29 is 4.74 Å². The van der Waals surface area contributed by atoms with E-state index >= 15 is 0 Å². The third-order valence-corrected chi connectivity index (χ3v) is 4.99. The first kappa shape index (κ1) is 10.1. The summed E-state index contributed by atoms with van der Waals surface area (Å²) in [7, 11) is 0. The first-order valence-electron chi connectivity index (χ1n) is 6.64. The van der Waals surface area contributed by atoms with Gasteiger partial charge in [0.25, 0.3) is 0 Å². The van der Waals surface area contributed by atoms with Gasteiger partial charge in [0.2, 0.25) is 0 Å². The van der Waals surface area contributed by atoms with Gasteiger partial charge in [-0.1, -0.05) is 0 Å². The van der Waals surface area contributed by atoms with E-state index in [1.54, 1.807) is 6.42 Å². The van der Waals surface area contributed by atoms with E-state index in [-0.39, 0.29) is 0 Å². The van der Waals surface area contributed by atoms with Crippen LogP contribution in [0.1, 0.15) is 32.1 Å². The van der Waals surface area contributed by atoms with Crippen LogP contribution in [0.2, 0.25) is 0 Å². The maximum absolute atomic E-state index is 5.68. The lowest BCUT2D eigenvalue weighted by Crippen LogP contribution is -2.46. The van der Waals surface area contributed by atoms with Gasteiger partial charge in [0.1, 0.15) is 0 Å². The normalized spacial score (nSPS) is 47.4. The first-order chi connectivity index (χ1) is 7.36. The number of ether oxygens (including phenoxy) is 1. The quantitative estimate of drug-likeness (QED) is 0.719. The second kappa shape index (κ2) is 4.06. The van der Waals surface area contributed by atoms with Gasteiger partial charge in [0.15, 0.2) is 0 Å². The molecule has 2 heteroatoms. The van der Waals surface area contributed by atoms with Crippen LogP contribution in [0.15, 0.2) is 0 Å². The predicted octanol–water partition coefficient (Wildman–Crippen LogP) is 2.03. The van der Waals surface area contributed by atoms with E-state index in [1.807, 2.05) is 0 Å². The Morgan fingerprint density at radius 2 is 1.53 bits per heavy atom. The van der Waals surface area contributed by atoms with Gasteiger partial charge in [-0.25, -0.2) is 0 Å². The molecule has 15 heavy (non-hydrogen) atoms. The Balaban J connectivity index is 1.60. The molecule has 0 heterocycles. The molecular formula is C13H23NO. The molecular weight excluding hydrogens is 186 g/mol. The van der Waals surface area contributed by atoms with Crippen molar-refractivity contribution in [3.8, 4) is 0 Å². The van der Waals surface area contributed by atoms with Crippen LogP contribution in [0.5, 0.6) is 0 Å². The number of hydrogen-bond acceptors (Lipinski definition) is 2. The molecule has 0 saturated heterocycles. The van der Waals surface area contributed by atoms with Crippen molar-refractivity contribution in [3.05, 3.63) is 0 Å². The van der Waals surface area contributed by atoms with Gasteiger partial charge in [-0.2, -0.15) is 0 Å². The fourth-order valence-corrected chi connectivity index (χ4v) is 4.61.